The van der Waals surface area contributed by atoms with Crippen LogP contribution in [0.15, 0.2) is 30.3 Å². The van der Waals surface area contributed by atoms with Crippen molar-refractivity contribution in [2.45, 2.75) is 31.7 Å². The largest absolute Gasteiger partial charge is 0.481 e. The highest BCUT2D eigenvalue weighted by Gasteiger charge is 2.32. The van der Waals surface area contributed by atoms with Crippen LogP contribution in [0.3, 0.4) is 0 Å². The maximum absolute atomic E-state index is 12.4. The fourth-order valence-corrected chi connectivity index (χ4v) is 3.90. The monoisotopic (exact) mass is 303 g/mol. The predicted octanol–water partition coefficient (Wildman–Crippen LogP) is 3.27. The van der Waals surface area contributed by atoms with Gasteiger partial charge in [0.1, 0.15) is 0 Å². The molecule has 3 rings (SSSR count). The van der Waals surface area contributed by atoms with Crippen molar-refractivity contribution < 1.29 is 14.7 Å². The molecule has 1 aliphatic rings. The smallest absolute Gasteiger partial charge is 0.308 e. The second-order valence-corrected chi connectivity index (χ2v) is 6.54. The number of carboxylic acid groups (broad SMARTS) is 1. The van der Waals surface area contributed by atoms with Crippen molar-refractivity contribution in [2.24, 2.45) is 5.92 Å². The van der Waals surface area contributed by atoms with E-state index in [0.717, 1.165) is 29.3 Å². The first-order chi connectivity index (χ1) is 10.1. The molecule has 2 atom stereocenters. The Hall–Kier alpha value is -1.88. The molecule has 1 amide bonds. The Morgan fingerprint density at radius 2 is 1.95 bits per heavy atom. The van der Waals surface area contributed by atoms with Gasteiger partial charge in [0.25, 0.3) is 5.91 Å². The van der Waals surface area contributed by atoms with Gasteiger partial charge in [-0.15, -0.1) is 11.3 Å². The lowest BCUT2D eigenvalue weighted by Gasteiger charge is -2.29. The zero-order chi connectivity index (χ0) is 14.8. The normalized spacial score (nSPS) is 22.1. The number of nitrogens with one attached hydrogen (secondary N) is 1. The molecule has 0 radical (unpaired) electrons. The van der Waals surface area contributed by atoms with Gasteiger partial charge in [-0.25, -0.2) is 0 Å². The number of fused-ring (bicyclic) bond motifs is 1. The Morgan fingerprint density at radius 3 is 2.71 bits per heavy atom. The molecular formula is C16H17NO3S. The van der Waals surface area contributed by atoms with Crippen LogP contribution < -0.4 is 5.32 Å². The second kappa shape index (κ2) is 5.85. The van der Waals surface area contributed by atoms with Crippen LogP contribution in [0, 0.1) is 5.92 Å². The lowest BCUT2D eigenvalue weighted by molar-refractivity contribution is -0.143. The third-order valence-electron chi connectivity index (χ3n) is 4.05. The van der Waals surface area contributed by atoms with Gasteiger partial charge < -0.3 is 10.4 Å². The van der Waals surface area contributed by atoms with Crippen LogP contribution in [-0.2, 0) is 4.79 Å². The molecular weight excluding hydrogens is 286 g/mol. The maximum Gasteiger partial charge on any atom is 0.308 e. The highest BCUT2D eigenvalue weighted by molar-refractivity contribution is 7.20. The van der Waals surface area contributed by atoms with Crippen molar-refractivity contribution in [2.75, 3.05) is 0 Å². The number of benzene rings is 1. The highest BCUT2D eigenvalue weighted by atomic mass is 32.1. The van der Waals surface area contributed by atoms with Crippen molar-refractivity contribution in [1.29, 1.82) is 0 Å². The number of amides is 1. The SMILES string of the molecule is O=C(NC1CCCCC1C(=O)O)c1cc2ccccc2s1. The van der Waals surface area contributed by atoms with Crippen molar-refractivity contribution in [3.8, 4) is 0 Å². The zero-order valence-corrected chi connectivity index (χ0v) is 12.4. The number of hydrogen-bond acceptors (Lipinski definition) is 3. The summed E-state index contributed by atoms with van der Waals surface area (Å²) in [6.07, 6.45) is 3.29. The van der Waals surface area contributed by atoms with Crippen LogP contribution in [-0.4, -0.2) is 23.0 Å². The Morgan fingerprint density at radius 1 is 1.19 bits per heavy atom. The molecule has 0 aliphatic heterocycles. The minimum Gasteiger partial charge on any atom is -0.481 e. The van der Waals surface area contributed by atoms with Crippen LogP contribution in [0.25, 0.3) is 10.1 Å². The Labute approximate surface area is 126 Å². The Kier molecular flexibility index (Phi) is 3.92. The van der Waals surface area contributed by atoms with Gasteiger partial charge in [-0.1, -0.05) is 31.0 Å². The molecule has 0 bridgehead atoms. The molecule has 1 aliphatic carbocycles. The third kappa shape index (κ3) is 2.93. The molecule has 21 heavy (non-hydrogen) atoms. The fraction of sp³-hybridized carbons (Fsp3) is 0.375. The topological polar surface area (TPSA) is 66.4 Å². The van der Waals surface area contributed by atoms with Gasteiger partial charge in [-0.2, -0.15) is 0 Å². The molecule has 1 aromatic carbocycles. The number of aliphatic carboxylic acids is 1. The van der Waals surface area contributed by atoms with E-state index in [4.69, 9.17) is 0 Å². The first-order valence-electron chi connectivity index (χ1n) is 7.17. The number of hydrogen-bond donors (Lipinski definition) is 2. The first kappa shape index (κ1) is 14.1. The number of carboxylic acids is 1. The van der Waals surface area contributed by atoms with Crippen LogP contribution in [0.2, 0.25) is 0 Å². The lowest BCUT2D eigenvalue weighted by Crippen LogP contribution is -2.44. The summed E-state index contributed by atoms with van der Waals surface area (Å²) in [5, 5.41) is 13.2. The molecule has 4 nitrogen and oxygen atoms in total. The molecule has 1 aromatic heterocycles. The summed E-state index contributed by atoms with van der Waals surface area (Å²) < 4.78 is 1.07. The molecule has 2 N–H and O–H groups in total. The first-order valence-corrected chi connectivity index (χ1v) is 7.99. The molecule has 5 heteroatoms. The molecule has 2 unspecified atom stereocenters. The van der Waals surface area contributed by atoms with Gasteiger partial charge in [-0.3, -0.25) is 9.59 Å². The Balaban J connectivity index is 1.77. The molecule has 0 spiro atoms. The Bertz CT molecular complexity index is 646. The van der Waals surface area contributed by atoms with Crippen LogP contribution >= 0.6 is 11.3 Å². The molecule has 1 heterocycles. The quantitative estimate of drug-likeness (QED) is 0.914. The summed E-state index contributed by atoms with van der Waals surface area (Å²) in [6, 6.07) is 9.46. The van der Waals surface area contributed by atoms with Gasteiger partial charge in [-0.05, 0) is 30.4 Å². The number of thiophene rings is 1. The predicted molar refractivity (Wildman–Crippen MR) is 82.7 cm³/mol. The molecule has 2 aromatic rings. The van der Waals surface area contributed by atoms with E-state index in [-0.39, 0.29) is 11.9 Å². The van der Waals surface area contributed by atoms with Gasteiger partial charge >= 0.3 is 5.97 Å². The lowest BCUT2D eigenvalue weighted by atomic mass is 9.84. The fourth-order valence-electron chi connectivity index (χ4n) is 2.93. The summed E-state index contributed by atoms with van der Waals surface area (Å²) in [5.74, 6) is -1.43. The van der Waals surface area contributed by atoms with Gasteiger partial charge in [0.2, 0.25) is 0 Å². The van der Waals surface area contributed by atoms with Crippen molar-refractivity contribution >= 4 is 33.3 Å². The molecule has 110 valence electrons. The van der Waals surface area contributed by atoms with E-state index in [0.29, 0.717) is 11.3 Å². The summed E-state index contributed by atoms with van der Waals surface area (Å²) in [5.41, 5.74) is 0. The molecule has 1 saturated carbocycles. The minimum absolute atomic E-state index is 0.158. The maximum atomic E-state index is 12.4. The summed E-state index contributed by atoms with van der Waals surface area (Å²) in [7, 11) is 0. The molecule has 0 saturated heterocycles. The average molecular weight is 303 g/mol. The second-order valence-electron chi connectivity index (χ2n) is 5.46. The number of carbonyl (C=O) groups excluding carboxylic acids is 1. The van der Waals surface area contributed by atoms with E-state index in [1.807, 2.05) is 30.3 Å². The van der Waals surface area contributed by atoms with Gasteiger partial charge in [0, 0.05) is 10.7 Å². The standard InChI is InChI=1S/C16H17NO3S/c18-15(14-9-10-5-1-4-8-13(10)21-14)17-12-7-3-2-6-11(12)16(19)20/h1,4-5,8-9,11-12H,2-3,6-7H2,(H,17,18)(H,19,20). The number of carbonyl (C=O) groups is 2. The summed E-state index contributed by atoms with van der Waals surface area (Å²) in [6.45, 7) is 0. The average Bonchev–Trinajstić information content (AvgIpc) is 2.91. The minimum atomic E-state index is -0.809. The highest BCUT2D eigenvalue weighted by Crippen LogP contribution is 2.28. The number of rotatable bonds is 3. The van der Waals surface area contributed by atoms with E-state index in [1.165, 1.54) is 11.3 Å². The van der Waals surface area contributed by atoms with Crippen LogP contribution in [0.1, 0.15) is 35.4 Å². The van der Waals surface area contributed by atoms with Crippen molar-refractivity contribution in [3.63, 3.8) is 0 Å². The third-order valence-corrected chi connectivity index (χ3v) is 5.16. The van der Waals surface area contributed by atoms with Gasteiger partial charge in [0.15, 0.2) is 0 Å². The van der Waals surface area contributed by atoms with E-state index in [9.17, 15) is 14.7 Å². The summed E-state index contributed by atoms with van der Waals surface area (Å²) in [4.78, 5) is 24.3. The van der Waals surface area contributed by atoms with E-state index in [2.05, 4.69) is 5.32 Å². The van der Waals surface area contributed by atoms with Crippen molar-refractivity contribution in [1.82, 2.24) is 5.32 Å². The van der Waals surface area contributed by atoms with Crippen molar-refractivity contribution in [3.05, 3.63) is 35.2 Å². The van der Waals surface area contributed by atoms with E-state index >= 15 is 0 Å². The van der Waals surface area contributed by atoms with Crippen LogP contribution in [0.4, 0.5) is 0 Å². The summed E-state index contributed by atoms with van der Waals surface area (Å²) >= 11 is 1.44. The van der Waals surface area contributed by atoms with E-state index in [1.54, 1.807) is 0 Å². The van der Waals surface area contributed by atoms with E-state index < -0.39 is 11.9 Å². The van der Waals surface area contributed by atoms with Gasteiger partial charge in [0.05, 0.1) is 10.8 Å². The van der Waals surface area contributed by atoms with Crippen LogP contribution in [0.5, 0.6) is 0 Å². The molecule has 1 fully saturated rings. The zero-order valence-electron chi connectivity index (χ0n) is 11.5.